The van der Waals surface area contributed by atoms with E-state index in [9.17, 15) is 24.6 Å². The van der Waals surface area contributed by atoms with E-state index in [-0.39, 0.29) is 11.3 Å². The second-order valence-electron chi connectivity index (χ2n) is 6.13. The Morgan fingerprint density at radius 2 is 2.08 bits per heavy atom. The normalized spacial score (nSPS) is 33.9. The molecule has 0 saturated heterocycles. The molecule has 3 N–H and O–H groups in total. The number of rotatable bonds is 3. The monoisotopic (exact) mass is 351 g/mol. The van der Waals surface area contributed by atoms with Crippen molar-refractivity contribution in [2.24, 2.45) is 11.8 Å². The minimum atomic E-state index is -1.95. The third kappa shape index (κ3) is 2.61. The Hall–Kier alpha value is -2.65. The van der Waals surface area contributed by atoms with E-state index in [0.717, 1.165) is 13.4 Å². The molecular formula is C16H17NO8. The smallest absolute Gasteiger partial charge is 0.355 e. The highest BCUT2D eigenvalue weighted by molar-refractivity contribution is 5.93. The van der Waals surface area contributed by atoms with E-state index in [2.05, 4.69) is 9.72 Å². The molecule has 0 bridgehead atoms. The Bertz CT molecular complexity index is 735. The Morgan fingerprint density at radius 3 is 2.68 bits per heavy atom. The number of methoxy groups -OCH3 is 1. The van der Waals surface area contributed by atoms with Gasteiger partial charge in [0.25, 0.3) is 0 Å². The number of carbonyl (C=O) groups excluding carboxylic acids is 3. The van der Waals surface area contributed by atoms with Crippen LogP contribution in [0.4, 0.5) is 0 Å². The van der Waals surface area contributed by atoms with Crippen molar-refractivity contribution in [1.82, 2.24) is 4.98 Å². The van der Waals surface area contributed by atoms with Crippen LogP contribution >= 0.6 is 0 Å². The number of cyclic esters (lactones) is 1. The lowest BCUT2D eigenvalue weighted by Crippen LogP contribution is -2.48. The van der Waals surface area contributed by atoms with Gasteiger partial charge in [-0.05, 0) is 19.1 Å². The van der Waals surface area contributed by atoms with Crippen molar-refractivity contribution in [2.45, 2.75) is 24.7 Å². The van der Waals surface area contributed by atoms with Gasteiger partial charge >= 0.3 is 17.9 Å². The van der Waals surface area contributed by atoms with Gasteiger partial charge in [0.05, 0.1) is 18.6 Å². The first-order valence-corrected chi connectivity index (χ1v) is 7.52. The van der Waals surface area contributed by atoms with Crippen LogP contribution in [0.2, 0.25) is 0 Å². The second-order valence-corrected chi connectivity index (χ2v) is 6.13. The molecule has 2 heterocycles. The zero-order valence-corrected chi connectivity index (χ0v) is 13.5. The van der Waals surface area contributed by atoms with Crippen LogP contribution in [0.25, 0.3) is 0 Å². The van der Waals surface area contributed by atoms with Gasteiger partial charge in [-0.2, -0.15) is 0 Å². The summed E-state index contributed by atoms with van der Waals surface area (Å²) in [5, 5.41) is 21.4. The largest absolute Gasteiger partial charge is 0.466 e. The Kier molecular flexibility index (Phi) is 4.13. The fourth-order valence-electron chi connectivity index (χ4n) is 3.42. The zero-order valence-electron chi connectivity index (χ0n) is 13.5. The molecule has 9 nitrogen and oxygen atoms in total. The van der Waals surface area contributed by atoms with Crippen LogP contribution in [-0.2, 0) is 23.8 Å². The maximum Gasteiger partial charge on any atom is 0.355 e. The van der Waals surface area contributed by atoms with E-state index < -0.39 is 47.6 Å². The van der Waals surface area contributed by atoms with Gasteiger partial charge in [-0.1, -0.05) is 0 Å². The third-order valence-corrected chi connectivity index (χ3v) is 4.63. The van der Waals surface area contributed by atoms with E-state index in [1.807, 2.05) is 0 Å². The summed E-state index contributed by atoms with van der Waals surface area (Å²) in [6.45, 7) is 1.25. The molecule has 3 rings (SSSR count). The van der Waals surface area contributed by atoms with Crippen LogP contribution in [0, 0.1) is 11.8 Å². The van der Waals surface area contributed by atoms with Crippen LogP contribution in [0.1, 0.15) is 17.4 Å². The summed E-state index contributed by atoms with van der Waals surface area (Å²) in [7, 11) is 1.14. The van der Waals surface area contributed by atoms with Gasteiger partial charge in [-0.25, -0.2) is 9.59 Å². The quantitative estimate of drug-likeness (QED) is 0.490. The molecule has 0 spiro atoms. The molecule has 9 heteroatoms. The molecule has 0 unspecified atom stereocenters. The number of ether oxygens (including phenoxy) is 3. The topological polar surface area (TPSA) is 135 Å². The maximum absolute atomic E-state index is 12.2. The first-order valence-electron chi connectivity index (χ1n) is 7.52. The summed E-state index contributed by atoms with van der Waals surface area (Å²) in [5.41, 5.74) is -1.95. The lowest BCUT2D eigenvalue weighted by molar-refractivity contribution is -0.159. The van der Waals surface area contributed by atoms with Gasteiger partial charge in [0.15, 0.2) is 6.10 Å². The molecule has 1 aliphatic heterocycles. The number of aromatic nitrogens is 1. The molecule has 1 saturated carbocycles. The number of aliphatic hydroxyl groups excluding tert-OH is 1. The van der Waals surface area contributed by atoms with E-state index in [4.69, 9.17) is 9.47 Å². The number of nitrogens with one attached hydrogen (secondary N) is 1. The van der Waals surface area contributed by atoms with Crippen molar-refractivity contribution >= 4 is 17.9 Å². The van der Waals surface area contributed by atoms with Gasteiger partial charge < -0.3 is 29.4 Å². The van der Waals surface area contributed by atoms with Crippen LogP contribution in [-0.4, -0.2) is 58.0 Å². The molecule has 1 aromatic heterocycles. The standard InChI is InChI=1S/C16H17NO8/c1-16(22)10-9(7(13(19)23-2)6-24-15(10)21)11(18)12(16)25-14(20)8-4-3-5-17-8/h3-6,9-12,17-18,22H,1-2H3/t9-,10-,11+,12+,16-/m1/s1. The number of esters is 3. The molecule has 0 amide bonds. The number of aromatic amines is 1. The number of H-pyrrole nitrogens is 1. The number of hydrogen-bond acceptors (Lipinski definition) is 8. The van der Waals surface area contributed by atoms with Crippen molar-refractivity contribution in [3.8, 4) is 0 Å². The van der Waals surface area contributed by atoms with Crippen LogP contribution in [0.15, 0.2) is 30.2 Å². The molecular weight excluding hydrogens is 334 g/mol. The third-order valence-electron chi connectivity index (χ3n) is 4.63. The van der Waals surface area contributed by atoms with Crippen molar-refractivity contribution in [2.75, 3.05) is 7.11 Å². The SMILES string of the molecule is COC(=O)C1=COC(=O)[C@H]2[C@@H]1[C@H](O)[C@H](OC(=O)c1ccc[nH]1)[C@]2(C)O. The van der Waals surface area contributed by atoms with E-state index in [0.29, 0.717) is 0 Å². The predicted octanol–water partition coefficient (Wildman–Crippen LogP) is -0.488. The van der Waals surface area contributed by atoms with Gasteiger partial charge in [0, 0.05) is 12.1 Å². The number of carbonyl (C=O) groups is 3. The summed E-state index contributed by atoms with van der Waals surface area (Å²) < 4.78 is 14.7. The van der Waals surface area contributed by atoms with Crippen molar-refractivity contribution < 1.29 is 38.8 Å². The molecule has 1 fully saturated rings. The number of hydrogen-bond donors (Lipinski definition) is 3. The van der Waals surface area contributed by atoms with Gasteiger partial charge in [-0.3, -0.25) is 4.79 Å². The average molecular weight is 351 g/mol. The van der Waals surface area contributed by atoms with Gasteiger partial charge in [0.2, 0.25) is 0 Å². The maximum atomic E-state index is 12.2. The molecule has 2 aliphatic rings. The molecule has 0 radical (unpaired) electrons. The summed E-state index contributed by atoms with van der Waals surface area (Å²) in [4.78, 5) is 38.8. The van der Waals surface area contributed by atoms with Gasteiger partial charge in [0.1, 0.15) is 23.7 Å². The number of fused-ring (bicyclic) bond motifs is 1. The van der Waals surface area contributed by atoms with E-state index in [1.165, 1.54) is 19.2 Å². The highest BCUT2D eigenvalue weighted by Crippen LogP contribution is 2.48. The van der Waals surface area contributed by atoms with Gasteiger partial charge in [-0.15, -0.1) is 0 Å². The van der Waals surface area contributed by atoms with Crippen LogP contribution in [0.5, 0.6) is 0 Å². The Balaban J connectivity index is 1.94. The first kappa shape index (κ1) is 17.2. The van der Waals surface area contributed by atoms with E-state index in [1.54, 1.807) is 6.07 Å². The number of aliphatic hydroxyl groups is 2. The first-order chi connectivity index (χ1) is 11.8. The lowest BCUT2D eigenvalue weighted by atomic mass is 9.81. The fraction of sp³-hybridized carbons (Fsp3) is 0.438. The lowest BCUT2D eigenvalue weighted by Gasteiger charge is -2.31. The summed E-state index contributed by atoms with van der Waals surface area (Å²) in [5.74, 6) is -4.87. The van der Waals surface area contributed by atoms with Crippen molar-refractivity contribution in [3.63, 3.8) is 0 Å². The average Bonchev–Trinajstić information content (AvgIpc) is 3.17. The van der Waals surface area contributed by atoms with E-state index >= 15 is 0 Å². The molecule has 5 atom stereocenters. The minimum Gasteiger partial charge on any atom is -0.466 e. The molecule has 1 aliphatic carbocycles. The summed E-state index contributed by atoms with van der Waals surface area (Å²) >= 11 is 0. The van der Waals surface area contributed by atoms with Crippen LogP contribution < -0.4 is 0 Å². The highest BCUT2D eigenvalue weighted by atomic mass is 16.6. The van der Waals surface area contributed by atoms with Crippen LogP contribution in [0.3, 0.4) is 0 Å². The van der Waals surface area contributed by atoms with Crippen molar-refractivity contribution in [1.29, 1.82) is 0 Å². The zero-order chi connectivity index (χ0) is 18.4. The molecule has 0 aromatic carbocycles. The predicted molar refractivity (Wildman–Crippen MR) is 79.8 cm³/mol. The fourth-order valence-corrected chi connectivity index (χ4v) is 3.42. The minimum absolute atomic E-state index is 0.113. The molecule has 134 valence electrons. The second kappa shape index (κ2) is 6.01. The summed E-state index contributed by atoms with van der Waals surface area (Å²) in [6, 6.07) is 3.04. The van der Waals surface area contributed by atoms with Crippen molar-refractivity contribution in [3.05, 3.63) is 35.9 Å². The molecule has 25 heavy (non-hydrogen) atoms. The Labute approximate surface area is 142 Å². The Morgan fingerprint density at radius 1 is 1.36 bits per heavy atom. The molecule has 1 aromatic rings. The highest BCUT2D eigenvalue weighted by Gasteiger charge is 2.65. The summed E-state index contributed by atoms with van der Waals surface area (Å²) in [6.07, 6.45) is -0.548.